The lowest BCUT2D eigenvalue weighted by atomic mass is 9.53. The number of phenolic OH excluding ortho intramolecular Hbond substituents is 1. The van der Waals surface area contributed by atoms with E-state index in [0.717, 1.165) is 9.58 Å². The molecule has 2 N–H and O–H groups in total. The monoisotopic (exact) mass is 771 g/mol. The van der Waals surface area contributed by atoms with Crippen molar-refractivity contribution in [3.05, 3.63) is 150 Å². The summed E-state index contributed by atoms with van der Waals surface area (Å²) in [5, 5.41) is 13.1. The molecule has 2 amide bonds. The Morgan fingerprint density at radius 2 is 1.67 bits per heavy atom. The van der Waals surface area contributed by atoms with Gasteiger partial charge in [0.2, 0.25) is 0 Å². The molecule has 0 radical (unpaired) electrons. The lowest BCUT2D eigenvalue weighted by Crippen LogP contribution is -2.53. The second kappa shape index (κ2) is 12.1. The highest BCUT2D eigenvalue weighted by molar-refractivity contribution is 9.10. The number of aromatic hydroxyl groups is 1. The van der Waals surface area contributed by atoms with Gasteiger partial charge in [0.25, 0.3) is 11.8 Å². The van der Waals surface area contributed by atoms with E-state index in [-0.39, 0.29) is 35.7 Å². The number of methoxy groups -OCH3 is 1. The molecule has 1 saturated heterocycles. The highest BCUT2D eigenvalue weighted by atomic mass is 79.9. The van der Waals surface area contributed by atoms with E-state index in [4.69, 9.17) is 16.3 Å². The second-order valence-corrected chi connectivity index (χ2v) is 14.0. The maximum absolute atomic E-state index is 15.2. The molecule has 8 rings (SSSR count). The topological polar surface area (TPSA) is 128 Å². The van der Waals surface area contributed by atoms with Gasteiger partial charge in [-0.15, -0.1) is 0 Å². The van der Waals surface area contributed by atoms with E-state index in [1.54, 1.807) is 72.8 Å². The molecule has 2 aliphatic heterocycles. The van der Waals surface area contributed by atoms with Crippen molar-refractivity contribution in [3.8, 4) is 17.2 Å². The van der Waals surface area contributed by atoms with Gasteiger partial charge in [-0.2, -0.15) is 5.01 Å². The summed E-state index contributed by atoms with van der Waals surface area (Å²) in [4.78, 5) is 58.1. The van der Waals surface area contributed by atoms with E-state index in [9.17, 15) is 23.9 Å². The average molecular weight is 773 g/mol. The number of phenols is 1. The molecule has 1 aromatic heterocycles. The molecule has 3 aliphatic rings. The minimum atomic E-state index is -1.70. The number of hydrogen-bond donors (Lipinski definition) is 2. The zero-order valence-electron chi connectivity index (χ0n) is 26.8. The van der Waals surface area contributed by atoms with E-state index in [0.29, 0.717) is 26.3 Å². The summed E-state index contributed by atoms with van der Waals surface area (Å²) in [5.41, 5.74) is 1.93. The largest absolute Gasteiger partial charge is 0.504 e. The molecule has 3 heterocycles. The Balaban J connectivity index is 1.41. The normalized spacial score (nSPS) is 22.2. The van der Waals surface area contributed by atoms with E-state index >= 15 is 4.79 Å². The minimum absolute atomic E-state index is 0.0246. The van der Waals surface area contributed by atoms with Crippen LogP contribution in [0.2, 0.25) is 5.02 Å². The summed E-state index contributed by atoms with van der Waals surface area (Å²) in [6, 6.07) is 22.7. The molecule has 258 valence electrons. The first-order valence-corrected chi connectivity index (χ1v) is 17.2. The predicted molar refractivity (Wildman–Crippen MR) is 190 cm³/mol. The van der Waals surface area contributed by atoms with Crippen molar-refractivity contribution in [1.29, 1.82) is 0 Å². The van der Waals surface area contributed by atoms with E-state index < -0.39 is 52.3 Å². The lowest BCUT2D eigenvalue weighted by molar-refractivity contribution is -0.138. The number of benzene rings is 4. The van der Waals surface area contributed by atoms with Crippen molar-refractivity contribution in [2.24, 2.45) is 5.92 Å². The van der Waals surface area contributed by atoms with Gasteiger partial charge in [0.15, 0.2) is 11.5 Å². The standard InChI is InChI=1S/C37H28BrClFN5O6/c1-51-30-18-21(38)17-27(32(30)46)31-26-15-16-42-35(49)43(25-5-3-2-4-6-25)36(50)45(42)29(26)19-28-33(47)44(41-24-13-11-23(40)12-14-24)34(48)37(28,31)20-7-9-22(39)10-8-20/h2-15,17-18,28-29,31,41,46H,16,19H2,1H3/t28-,29+,31+,37+/m0/s1. The number of anilines is 1. The zero-order chi connectivity index (χ0) is 35.8. The summed E-state index contributed by atoms with van der Waals surface area (Å²) in [7, 11) is 1.40. The van der Waals surface area contributed by atoms with Gasteiger partial charge in [-0.05, 0) is 78.2 Å². The molecule has 0 unspecified atom stereocenters. The van der Waals surface area contributed by atoms with Gasteiger partial charge in [0.05, 0.1) is 42.4 Å². The molecular formula is C37H28BrClFN5O6. The van der Waals surface area contributed by atoms with Crippen molar-refractivity contribution in [2.45, 2.75) is 30.3 Å². The second-order valence-electron chi connectivity index (χ2n) is 12.6. The maximum Gasteiger partial charge on any atom is 0.352 e. The fraction of sp³-hybridized carbons (Fsp3) is 0.189. The van der Waals surface area contributed by atoms with Gasteiger partial charge in [-0.1, -0.05) is 63.9 Å². The van der Waals surface area contributed by atoms with Crippen molar-refractivity contribution in [1.82, 2.24) is 18.9 Å². The van der Waals surface area contributed by atoms with Gasteiger partial charge in [-0.3, -0.25) is 15.0 Å². The Labute approximate surface area is 302 Å². The smallest absolute Gasteiger partial charge is 0.352 e. The number of para-hydroxylation sites is 1. The number of carbonyl (C=O) groups is 2. The number of fused-ring (bicyclic) bond motifs is 4. The Bertz CT molecular complexity index is 2390. The molecule has 5 aromatic rings. The Morgan fingerprint density at radius 1 is 0.961 bits per heavy atom. The molecule has 14 heteroatoms. The molecule has 4 aromatic carbocycles. The highest BCUT2D eigenvalue weighted by Gasteiger charge is 2.69. The molecular weight excluding hydrogens is 745 g/mol. The third-order valence-electron chi connectivity index (χ3n) is 10.1. The van der Waals surface area contributed by atoms with Crippen LogP contribution in [0.5, 0.6) is 11.5 Å². The van der Waals surface area contributed by atoms with Gasteiger partial charge in [0.1, 0.15) is 5.82 Å². The molecule has 1 aliphatic carbocycles. The fourth-order valence-electron chi connectivity index (χ4n) is 8.03. The first-order chi connectivity index (χ1) is 24.6. The minimum Gasteiger partial charge on any atom is -0.504 e. The number of carbonyl (C=O) groups excluding carboxylic acids is 2. The van der Waals surface area contributed by atoms with E-state index in [2.05, 4.69) is 21.4 Å². The predicted octanol–water partition coefficient (Wildman–Crippen LogP) is 5.69. The summed E-state index contributed by atoms with van der Waals surface area (Å²) in [6.45, 7) is -0.0246. The highest BCUT2D eigenvalue weighted by Crippen LogP contribution is 2.63. The van der Waals surface area contributed by atoms with Crippen molar-refractivity contribution in [3.63, 3.8) is 0 Å². The van der Waals surface area contributed by atoms with Crippen LogP contribution in [0, 0.1) is 11.7 Å². The van der Waals surface area contributed by atoms with Crippen LogP contribution in [-0.4, -0.2) is 43.0 Å². The van der Waals surface area contributed by atoms with E-state index in [1.165, 1.54) is 40.7 Å². The molecule has 0 spiro atoms. The first-order valence-electron chi connectivity index (χ1n) is 16.0. The summed E-state index contributed by atoms with van der Waals surface area (Å²) in [5.74, 6) is -4.10. The number of imide groups is 1. The third kappa shape index (κ3) is 4.82. The summed E-state index contributed by atoms with van der Waals surface area (Å²) in [6.07, 6.45) is 1.74. The van der Waals surface area contributed by atoms with Crippen molar-refractivity contribution in [2.75, 3.05) is 12.5 Å². The number of halogens is 3. The molecule has 11 nitrogen and oxygen atoms in total. The first kappa shape index (κ1) is 32.8. The number of allylic oxidation sites excluding steroid dienone is 2. The number of hydrazine groups is 1. The zero-order valence-corrected chi connectivity index (χ0v) is 29.1. The van der Waals surface area contributed by atoms with Crippen LogP contribution in [0.15, 0.2) is 117 Å². The molecule has 1 saturated carbocycles. The van der Waals surface area contributed by atoms with Crippen LogP contribution in [-0.2, 0) is 21.5 Å². The van der Waals surface area contributed by atoms with Crippen LogP contribution < -0.4 is 21.5 Å². The number of hydrogen-bond acceptors (Lipinski definition) is 7. The van der Waals surface area contributed by atoms with Crippen LogP contribution in [0.1, 0.15) is 29.5 Å². The van der Waals surface area contributed by atoms with Crippen LogP contribution >= 0.6 is 27.5 Å². The van der Waals surface area contributed by atoms with Crippen LogP contribution in [0.25, 0.3) is 5.69 Å². The number of amides is 2. The number of ether oxygens (including phenoxy) is 1. The number of aromatic nitrogens is 3. The third-order valence-corrected chi connectivity index (χ3v) is 10.8. The lowest BCUT2D eigenvalue weighted by Gasteiger charge is -2.49. The Hall–Kier alpha value is -5.40. The van der Waals surface area contributed by atoms with Gasteiger partial charge in [0, 0.05) is 21.0 Å². The molecule has 4 atom stereocenters. The molecule has 2 fully saturated rings. The number of rotatable bonds is 6. The summed E-state index contributed by atoms with van der Waals surface area (Å²) < 4.78 is 23.7. The Kier molecular flexibility index (Phi) is 7.80. The van der Waals surface area contributed by atoms with Gasteiger partial charge in [-0.25, -0.2) is 27.9 Å². The van der Waals surface area contributed by atoms with Crippen LogP contribution in [0.3, 0.4) is 0 Å². The van der Waals surface area contributed by atoms with Crippen molar-refractivity contribution >= 4 is 45.0 Å². The number of nitrogens with one attached hydrogen (secondary N) is 1. The van der Waals surface area contributed by atoms with Gasteiger partial charge < -0.3 is 9.84 Å². The van der Waals surface area contributed by atoms with Crippen LogP contribution in [0.4, 0.5) is 10.1 Å². The quantitative estimate of drug-likeness (QED) is 0.168. The SMILES string of the molecule is COc1cc(Br)cc([C@H]2C3=CCn4c(=O)n(-c5ccccc5)c(=O)n4[C@@H]3C[C@H]3C(=O)N(Nc4ccc(F)cc4)C(=O)[C@@]23c2ccc(Cl)cc2)c1O. The molecule has 0 bridgehead atoms. The average Bonchev–Trinajstić information content (AvgIpc) is 3.51. The Morgan fingerprint density at radius 3 is 2.35 bits per heavy atom. The summed E-state index contributed by atoms with van der Waals surface area (Å²) >= 11 is 9.87. The fourth-order valence-corrected chi connectivity index (χ4v) is 8.61. The van der Waals surface area contributed by atoms with E-state index in [1.807, 2.05) is 0 Å². The molecule has 51 heavy (non-hydrogen) atoms. The number of nitrogens with zero attached hydrogens (tertiary/aromatic N) is 4. The van der Waals surface area contributed by atoms with Crippen molar-refractivity contribution < 1.29 is 23.8 Å². The van der Waals surface area contributed by atoms with Gasteiger partial charge >= 0.3 is 11.4 Å². The maximum atomic E-state index is 15.2.